The van der Waals surface area contributed by atoms with Gasteiger partial charge < -0.3 is 10.2 Å². The molecular weight excluding hydrogens is 390 g/mol. The first-order valence-electron chi connectivity index (χ1n) is 10.4. The molecule has 1 saturated heterocycles. The summed E-state index contributed by atoms with van der Waals surface area (Å²) in [6, 6.07) is 5.50. The standard InChI is InChI=1S/C21H31N3O4S/c1-15(2)23-29(27,28)19-9-7-17(8-10-19)21(26)22-13-20(25)24-12-11-16-5-3-4-6-18(16)14-24/h7-10,15-16,18,23H,3-6,11-14H2,1-2H3,(H,22,26)/t16-,18+/m1/s1. The number of piperidine rings is 1. The molecule has 160 valence electrons. The molecule has 8 heteroatoms. The van der Waals surface area contributed by atoms with Crippen molar-refractivity contribution >= 4 is 21.8 Å². The average Bonchev–Trinajstić information content (AvgIpc) is 2.70. The molecular formula is C21H31N3O4S. The molecule has 1 aliphatic carbocycles. The number of nitrogens with zero attached hydrogens (tertiary/aromatic N) is 1. The second-order valence-electron chi connectivity index (χ2n) is 8.42. The highest BCUT2D eigenvalue weighted by atomic mass is 32.2. The number of carbonyl (C=O) groups is 2. The highest BCUT2D eigenvalue weighted by Gasteiger charge is 2.32. The van der Waals surface area contributed by atoms with Crippen LogP contribution in [0.3, 0.4) is 0 Å². The van der Waals surface area contributed by atoms with Gasteiger partial charge in [-0.3, -0.25) is 9.59 Å². The lowest BCUT2D eigenvalue weighted by molar-refractivity contribution is -0.133. The highest BCUT2D eigenvalue weighted by molar-refractivity contribution is 7.89. The van der Waals surface area contributed by atoms with Crippen LogP contribution >= 0.6 is 0 Å². The van der Waals surface area contributed by atoms with E-state index in [4.69, 9.17) is 0 Å². The number of amides is 2. The Morgan fingerprint density at radius 3 is 2.38 bits per heavy atom. The van der Waals surface area contributed by atoms with E-state index in [0.29, 0.717) is 11.5 Å². The van der Waals surface area contributed by atoms with Crippen LogP contribution in [-0.2, 0) is 14.8 Å². The smallest absolute Gasteiger partial charge is 0.251 e. The zero-order chi connectivity index (χ0) is 21.0. The van der Waals surface area contributed by atoms with Crippen LogP contribution in [0.4, 0.5) is 0 Å². The molecule has 29 heavy (non-hydrogen) atoms. The molecule has 1 aromatic carbocycles. The summed E-state index contributed by atoms with van der Waals surface area (Å²) in [5.41, 5.74) is 0.326. The SMILES string of the molecule is CC(C)NS(=O)(=O)c1ccc(C(=O)NCC(=O)N2CC[C@H]3CCCC[C@H]3C2)cc1. The minimum absolute atomic E-state index is 0.0365. The maximum Gasteiger partial charge on any atom is 0.251 e. The molecule has 3 rings (SSSR count). The van der Waals surface area contributed by atoms with E-state index in [1.54, 1.807) is 13.8 Å². The third kappa shape index (κ3) is 5.57. The summed E-state index contributed by atoms with van der Waals surface area (Å²) < 4.78 is 26.8. The topological polar surface area (TPSA) is 95.6 Å². The Morgan fingerprint density at radius 2 is 1.72 bits per heavy atom. The Hall–Kier alpha value is -1.93. The van der Waals surface area contributed by atoms with Gasteiger partial charge in [0, 0.05) is 24.7 Å². The van der Waals surface area contributed by atoms with Gasteiger partial charge in [-0.2, -0.15) is 0 Å². The number of hydrogen-bond donors (Lipinski definition) is 2. The molecule has 0 unspecified atom stereocenters. The molecule has 0 radical (unpaired) electrons. The molecule has 1 saturated carbocycles. The summed E-state index contributed by atoms with van der Waals surface area (Å²) in [6.07, 6.45) is 6.09. The quantitative estimate of drug-likeness (QED) is 0.736. The van der Waals surface area contributed by atoms with Gasteiger partial charge in [-0.25, -0.2) is 13.1 Å². The van der Waals surface area contributed by atoms with Crippen molar-refractivity contribution in [1.82, 2.24) is 14.9 Å². The van der Waals surface area contributed by atoms with Crippen molar-refractivity contribution in [2.75, 3.05) is 19.6 Å². The summed E-state index contributed by atoms with van der Waals surface area (Å²) >= 11 is 0. The van der Waals surface area contributed by atoms with Gasteiger partial charge in [0.05, 0.1) is 11.4 Å². The third-order valence-electron chi connectivity index (χ3n) is 5.86. The van der Waals surface area contributed by atoms with Crippen molar-refractivity contribution < 1.29 is 18.0 Å². The summed E-state index contributed by atoms with van der Waals surface area (Å²) in [5.74, 6) is 0.919. The van der Waals surface area contributed by atoms with Crippen LogP contribution in [0.15, 0.2) is 29.2 Å². The zero-order valence-corrected chi connectivity index (χ0v) is 18.0. The molecule has 0 spiro atoms. The number of sulfonamides is 1. The van der Waals surface area contributed by atoms with Crippen LogP contribution in [0.25, 0.3) is 0 Å². The fraction of sp³-hybridized carbons (Fsp3) is 0.619. The van der Waals surface area contributed by atoms with E-state index in [-0.39, 0.29) is 29.3 Å². The van der Waals surface area contributed by atoms with E-state index in [1.165, 1.54) is 49.9 Å². The van der Waals surface area contributed by atoms with Crippen LogP contribution in [0, 0.1) is 11.8 Å². The van der Waals surface area contributed by atoms with E-state index >= 15 is 0 Å². The van der Waals surface area contributed by atoms with Crippen molar-refractivity contribution in [3.05, 3.63) is 29.8 Å². The van der Waals surface area contributed by atoms with Gasteiger partial charge in [0.25, 0.3) is 5.91 Å². The lowest BCUT2D eigenvalue weighted by Crippen LogP contribution is -2.48. The lowest BCUT2D eigenvalue weighted by atomic mass is 9.75. The molecule has 2 atom stereocenters. The highest BCUT2D eigenvalue weighted by Crippen LogP contribution is 2.35. The zero-order valence-electron chi connectivity index (χ0n) is 17.2. The third-order valence-corrected chi connectivity index (χ3v) is 7.54. The van der Waals surface area contributed by atoms with Gasteiger partial charge in [-0.1, -0.05) is 19.3 Å². The van der Waals surface area contributed by atoms with Gasteiger partial charge in [-0.15, -0.1) is 0 Å². The Morgan fingerprint density at radius 1 is 1.07 bits per heavy atom. The Balaban J connectivity index is 1.52. The average molecular weight is 422 g/mol. The molecule has 7 nitrogen and oxygen atoms in total. The number of nitrogens with one attached hydrogen (secondary N) is 2. The van der Waals surface area contributed by atoms with Gasteiger partial charge in [0.1, 0.15) is 0 Å². The molecule has 1 heterocycles. The molecule has 2 amide bonds. The van der Waals surface area contributed by atoms with E-state index in [9.17, 15) is 18.0 Å². The van der Waals surface area contributed by atoms with E-state index in [1.807, 2.05) is 4.90 Å². The van der Waals surface area contributed by atoms with Crippen LogP contribution in [-0.4, -0.2) is 50.8 Å². The molecule has 0 bridgehead atoms. The van der Waals surface area contributed by atoms with E-state index in [0.717, 1.165) is 25.4 Å². The second kappa shape index (κ2) is 9.26. The molecule has 2 fully saturated rings. The largest absolute Gasteiger partial charge is 0.343 e. The van der Waals surface area contributed by atoms with Crippen LogP contribution in [0.1, 0.15) is 56.3 Å². The number of fused-ring (bicyclic) bond motifs is 1. The molecule has 1 aromatic rings. The molecule has 2 N–H and O–H groups in total. The fourth-order valence-corrected chi connectivity index (χ4v) is 5.61. The van der Waals surface area contributed by atoms with Crippen LogP contribution < -0.4 is 10.0 Å². The summed E-state index contributed by atoms with van der Waals surface area (Å²) in [6.45, 7) is 5.02. The number of benzene rings is 1. The van der Waals surface area contributed by atoms with Gasteiger partial charge in [-0.05, 0) is 62.8 Å². The normalized spacial score (nSPS) is 22.2. The first kappa shape index (κ1) is 21.8. The van der Waals surface area contributed by atoms with E-state index < -0.39 is 10.0 Å². The Labute approximate surface area is 173 Å². The van der Waals surface area contributed by atoms with Gasteiger partial charge in [0.2, 0.25) is 15.9 Å². The minimum atomic E-state index is -3.59. The predicted octanol–water partition coefficient (Wildman–Crippen LogP) is 2.14. The Bertz CT molecular complexity index is 836. The summed E-state index contributed by atoms with van der Waals surface area (Å²) in [5, 5.41) is 2.66. The number of likely N-dealkylation sites (tertiary alicyclic amines) is 1. The predicted molar refractivity (Wildman–Crippen MR) is 111 cm³/mol. The van der Waals surface area contributed by atoms with Gasteiger partial charge in [0.15, 0.2) is 0 Å². The van der Waals surface area contributed by atoms with Gasteiger partial charge >= 0.3 is 0 Å². The van der Waals surface area contributed by atoms with Crippen molar-refractivity contribution in [2.45, 2.75) is 56.9 Å². The monoisotopic (exact) mass is 421 g/mol. The first-order chi connectivity index (χ1) is 13.8. The maximum absolute atomic E-state index is 12.5. The number of rotatable bonds is 6. The minimum Gasteiger partial charge on any atom is -0.343 e. The Kier molecular flexibility index (Phi) is 6.95. The van der Waals surface area contributed by atoms with Crippen molar-refractivity contribution in [3.8, 4) is 0 Å². The maximum atomic E-state index is 12.5. The molecule has 0 aromatic heterocycles. The molecule has 1 aliphatic heterocycles. The second-order valence-corrected chi connectivity index (χ2v) is 10.1. The van der Waals surface area contributed by atoms with Crippen LogP contribution in [0.5, 0.6) is 0 Å². The van der Waals surface area contributed by atoms with E-state index in [2.05, 4.69) is 10.0 Å². The van der Waals surface area contributed by atoms with Crippen molar-refractivity contribution in [3.63, 3.8) is 0 Å². The lowest BCUT2D eigenvalue weighted by Gasteiger charge is -2.41. The fourth-order valence-electron chi connectivity index (χ4n) is 4.36. The first-order valence-corrected chi connectivity index (χ1v) is 11.9. The number of carbonyl (C=O) groups excluding carboxylic acids is 2. The summed E-state index contributed by atoms with van der Waals surface area (Å²) in [7, 11) is -3.59. The van der Waals surface area contributed by atoms with Crippen LogP contribution in [0.2, 0.25) is 0 Å². The molecule has 2 aliphatic rings. The van der Waals surface area contributed by atoms with Crippen molar-refractivity contribution in [2.24, 2.45) is 11.8 Å². The van der Waals surface area contributed by atoms with Crippen molar-refractivity contribution in [1.29, 1.82) is 0 Å². The summed E-state index contributed by atoms with van der Waals surface area (Å²) in [4.78, 5) is 26.9. The number of hydrogen-bond acceptors (Lipinski definition) is 4.